The monoisotopic (exact) mass is 347 g/mol. The summed E-state index contributed by atoms with van der Waals surface area (Å²) in [6.07, 6.45) is 2.80. The fourth-order valence-electron chi connectivity index (χ4n) is 1.91. The van der Waals surface area contributed by atoms with Gasteiger partial charge in [-0.25, -0.2) is 9.18 Å². The van der Waals surface area contributed by atoms with Crippen LogP contribution in [0.1, 0.15) is 29.0 Å². The zero-order valence-corrected chi connectivity index (χ0v) is 13.0. The van der Waals surface area contributed by atoms with Crippen molar-refractivity contribution < 1.29 is 28.1 Å². The smallest absolute Gasteiger partial charge is 0.433 e. The van der Waals surface area contributed by atoms with Crippen molar-refractivity contribution in [3.8, 4) is 0 Å². The molecule has 0 bridgehead atoms. The van der Waals surface area contributed by atoms with Gasteiger partial charge in [0.05, 0.1) is 12.7 Å². The largest absolute Gasteiger partial charge is 0.463 e. The Morgan fingerprint density at radius 3 is 2.56 bits per heavy atom. The number of nitro groups is 1. The molecule has 0 unspecified atom stereocenters. The van der Waals surface area contributed by atoms with Crippen molar-refractivity contribution in [1.29, 1.82) is 0 Å². The van der Waals surface area contributed by atoms with E-state index in [1.54, 1.807) is 0 Å². The number of rotatable bonds is 8. The number of esters is 1. The number of halogens is 1. The Labute approximate surface area is 141 Å². The van der Waals surface area contributed by atoms with Gasteiger partial charge in [0.1, 0.15) is 16.5 Å². The van der Waals surface area contributed by atoms with Crippen LogP contribution in [0.15, 0.2) is 46.9 Å². The van der Waals surface area contributed by atoms with E-state index >= 15 is 0 Å². The minimum atomic E-state index is -0.687. The van der Waals surface area contributed by atoms with E-state index < -0.39 is 22.6 Å². The highest BCUT2D eigenvalue weighted by molar-refractivity contribution is 5.96. The first kappa shape index (κ1) is 18.1. The quantitative estimate of drug-likeness (QED) is 0.181. The van der Waals surface area contributed by atoms with Crippen molar-refractivity contribution in [2.24, 2.45) is 0 Å². The Morgan fingerprint density at radius 1 is 1.20 bits per heavy atom. The molecule has 0 atom stereocenters. The van der Waals surface area contributed by atoms with Crippen LogP contribution in [0.2, 0.25) is 0 Å². The molecule has 1 aromatic heterocycles. The van der Waals surface area contributed by atoms with Crippen molar-refractivity contribution in [3.63, 3.8) is 0 Å². The maximum atomic E-state index is 12.8. The van der Waals surface area contributed by atoms with Crippen LogP contribution in [0, 0.1) is 15.9 Å². The standard InChI is InChI=1S/C17H14FNO6/c18-13-5-3-12(4-6-13)15(20)2-1-11-24-17(21)10-8-14-7-9-16(25-14)19(22)23/h3-10H,1-2,11H2/b10-8+. The van der Waals surface area contributed by atoms with Crippen molar-refractivity contribution in [1.82, 2.24) is 0 Å². The van der Waals surface area contributed by atoms with E-state index in [1.807, 2.05) is 0 Å². The molecule has 25 heavy (non-hydrogen) atoms. The summed E-state index contributed by atoms with van der Waals surface area (Å²) in [6, 6.07) is 7.73. The van der Waals surface area contributed by atoms with Gasteiger partial charge in [-0.1, -0.05) is 0 Å². The Morgan fingerprint density at radius 2 is 1.92 bits per heavy atom. The van der Waals surface area contributed by atoms with Crippen LogP contribution in [-0.4, -0.2) is 23.3 Å². The van der Waals surface area contributed by atoms with Gasteiger partial charge in [-0.3, -0.25) is 14.9 Å². The number of carbonyl (C=O) groups excluding carboxylic acids is 2. The predicted octanol–water partition coefficient (Wildman–Crippen LogP) is 3.55. The summed E-state index contributed by atoms with van der Waals surface area (Å²) in [7, 11) is 0. The molecule has 2 aromatic rings. The zero-order chi connectivity index (χ0) is 18.2. The average molecular weight is 347 g/mol. The van der Waals surface area contributed by atoms with E-state index in [2.05, 4.69) is 0 Å². The molecule has 0 saturated heterocycles. The normalized spacial score (nSPS) is 10.8. The summed E-state index contributed by atoms with van der Waals surface area (Å²) in [5.74, 6) is -1.52. The molecule has 0 fully saturated rings. The molecule has 0 saturated carbocycles. The van der Waals surface area contributed by atoms with Gasteiger partial charge in [-0.05, 0) is 42.8 Å². The highest BCUT2D eigenvalue weighted by Gasteiger charge is 2.10. The third-order valence-corrected chi connectivity index (χ3v) is 3.13. The summed E-state index contributed by atoms with van der Waals surface area (Å²) >= 11 is 0. The topological polar surface area (TPSA) is 99.7 Å². The lowest BCUT2D eigenvalue weighted by molar-refractivity contribution is -0.402. The Hall–Kier alpha value is -3.29. The van der Waals surface area contributed by atoms with Gasteiger partial charge in [0.15, 0.2) is 5.78 Å². The van der Waals surface area contributed by atoms with Crippen LogP contribution in [-0.2, 0) is 9.53 Å². The summed E-state index contributed by atoms with van der Waals surface area (Å²) in [5.41, 5.74) is 0.395. The lowest BCUT2D eigenvalue weighted by Crippen LogP contribution is -2.05. The molecule has 8 heteroatoms. The van der Waals surface area contributed by atoms with Gasteiger partial charge in [-0.2, -0.15) is 0 Å². The molecule has 0 N–H and O–H groups in total. The first-order chi connectivity index (χ1) is 12.0. The van der Waals surface area contributed by atoms with Gasteiger partial charge < -0.3 is 9.15 Å². The second-order valence-electron chi connectivity index (χ2n) is 4.97. The van der Waals surface area contributed by atoms with Crippen LogP contribution in [0.25, 0.3) is 6.08 Å². The van der Waals surface area contributed by atoms with Gasteiger partial charge >= 0.3 is 11.9 Å². The van der Waals surface area contributed by atoms with E-state index in [4.69, 9.17) is 9.15 Å². The molecule has 0 radical (unpaired) electrons. The van der Waals surface area contributed by atoms with E-state index in [0.717, 1.165) is 6.08 Å². The van der Waals surface area contributed by atoms with Crippen molar-refractivity contribution >= 4 is 23.7 Å². The number of Topliss-reactive ketones (excluding diaryl/α,β-unsaturated/α-hetero) is 1. The molecule has 1 heterocycles. The van der Waals surface area contributed by atoms with E-state index in [1.165, 1.54) is 42.5 Å². The SMILES string of the molecule is O=C(/C=C/c1ccc([N+](=O)[O-])o1)OCCCC(=O)c1ccc(F)cc1. The summed E-state index contributed by atoms with van der Waals surface area (Å²) in [5, 5.41) is 10.5. The molecule has 1 aromatic carbocycles. The molecule has 7 nitrogen and oxygen atoms in total. The lowest BCUT2D eigenvalue weighted by Gasteiger charge is -2.02. The summed E-state index contributed by atoms with van der Waals surface area (Å²) < 4.78 is 22.5. The molecule has 130 valence electrons. The van der Waals surface area contributed by atoms with Gasteiger partial charge in [0.2, 0.25) is 0 Å². The maximum absolute atomic E-state index is 12.8. The molecule has 0 aliphatic heterocycles. The van der Waals surface area contributed by atoms with Gasteiger partial charge in [0, 0.05) is 18.1 Å². The average Bonchev–Trinajstić information content (AvgIpc) is 3.06. The van der Waals surface area contributed by atoms with Crippen LogP contribution in [0.5, 0.6) is 0 Å². The second-order valence-corrected chi connectivity index (χ2v) is 4.97. The fraction of sp³-hybridized carbons (Fsp3) is 0.176. The van der Waals surface area contributed by atoms with E-state index in [9.17, 15) is 24.1 Å². The molecule has 0 aliphatic rings. The molecule has 0 amide bonds. The van der Waals surface area contributed by atoms with Crippen LogP contribution in [0.3, 0.4) is 0 Å². The number of hydrogen-bond acceptors (Lipinski definition) is 6. The Kier molecular flexibility index (Phi) is 6.16. The molecular weight excluding hydrogens is 333 g/mol. The fourth-order valence-corrected chi connectivity index (χ4v) is 1.91. The summed E-state index contributed by atoms with van der Waals surface area (Å²) in [6.45, 7) is 0.0361. The van der Waals surface area contributed by atoms with Crippen LogP contribution >= 0.6 is 0 Å². The molecule has 2 rings (SSSR count). The van der Waals surface area contributed by atoms with Crippen molar-refractivity contribution in [2.45, 2.75) is 12.8 Å². The number of ketones is 1. The summed E-state index contributed by atoms with van der Waals surface area (Å²) in [4.78, 5) is 33.1. The maximum Gasteiger partial charge on any atom is 0.433 e. The number of ether oxygens (including phenoxy) is 1. The van der Waals surface area contributed by atoms with E-state index in [0.29, 0.717) is 12.0 Å². The van der Waals surface area contributed by atoms with Crippen molar-refractivity contribution in [3.05, 3.63) is 69.7 Å². The Balaban J connectivity index is 1.71. The predicted molar refractivity (Wildman–Crippen MR) is 85.3 cm³/mol. The van der Waals surface area contributed by atoms with Crippen molar-refractivity contribution in [2.75, 3.05) is 6.61 Å². The number of furan rings is 1. The van der Waals surface area contributed by atoms with Crippen LogP contribution < -0.4 is 0 Å². The number of carbonyl (C=O) groups is 2. The van der Waals surface area contributed by atoms with Crippen LogP contribution in [0.4, 0.5) is 10.3 Å². The Bertz CT molecular complexity index is 794. The first-order valence-corrected chi connectivity index (χ1v) is 7.33. The third-order valence-electron chi connectivity index (χ3n) is 3.13. The first-order valence-electron chi connectivity index (χ1n) is 7.33. The minimum Gasteiger partial charge on any atom is -0.463 e. The molecule has 0 spiro atoms. The molecule has 0 aliphatic carbocycles. The number of nitrogens with zero attached hydrogens (tertiary/aromatic N) is 1. The third kappa shape index (κ3) is 5.69. The number of hydrogen-bond donors (Lipinski definition) is 0. The minimum absolute atomic E-state index is 0.0361. The number of benzene rings is 1. The van der Waals surface area contributed by atoms with Gasteiger partial charge in [0.25, 0.3) is 0 Å². The lowest BCUT2D eigenvalue weighted by atomic mass is 10.1. The highest BCUT2D eigenvalue weighted by Crippen LogP contribution is 2.16. The highest BCUT2D eigenvalue weighted by atomic mass is 19.1. The van der Waals surface area contributed by atoms with E-state index in [-0.39, 0.29) is 24.6 Å². The second kappa shape index (κ2) is 8.53. The van der Waals surface area contributed by atoms with Gasteiger partial charge in [-0.15, -0.1) is 0 Å². The molecular formula is C17H14FNO6. The zero-order valence-electron chi connectivity index (χ0n) is 13.0.